The highest BCUT2D eigenvalue weighted by Crippen LogP contribution is 2.37. The van der Waals surface area contributed by atoms with Gasteiger partial charge in [-0.2, -0.15) is 0 Å². The Morgan fingerprint density at radius 3 is 2.05 bits per heavy atom. The number of nitrogens with one attached hydrogen (secondary N) is 2. The Bertz CT molecular complexity index is 1700. The summed E-state index contributed by atoms with van der Waals surface area (Å²) >= 11 is 7.46. The molecular weight excluding hydrogens is 544 g/mol. The van der Waals surface area contributed by atoms with Gasteiger partial charge in [-0.1, -0.05) is 72.3 Å². The molecule has 0 fully saturated rings. The van der Waals surface area contributed by atoms with Crippen LogP contribution in [0.15, 0.2) is 120 Å². The fourth-order valence-corrected chi connectivity index (χ4v) is 5.55. The lowest BCUT2D eigenvalue weighted by Crippen LogP contribution is -2.19. The number of carboxylic acids is 1. The molecule has 5 rings (SSSR count). The highest BCUT2D eigenvalue weighted by Gasteiger charge is 2.23. The molecule has 6 nitrogen and oxygen atoms in total. The predicted octanol–water partition coefficient (Wildman–Crippen LogP) is 7.92. The van der Waals surface area contributed by atoms with Crippen molar-refractivity contribution in [3.63, 3.8) is 0 Å². The lowest BCUT2D eigenvalue weighted by atomic mass is 9.98. The van der Waals surface area contributed by atoms with Gasteiger partial charge in [0.05, 0.1) is 5.56 Å². The molecule has 5 aromatic rings. The van der Waals surface area contributed by atoms with Crippen molar-refractivity contribution >= 4 is 63.3 Å². The Hall–Kier alpha value is -4.59. The average Bonchev–Trinajstić information content (AvgIpc) is 2.96. The van der Waals surface area contributed by atoms with Crippen molar-refractivity contribution in [2.75, 3.05) is 10.6 Å². The van der Waals surface area contributed by atoms with Gasteiger partial charge in [0, 0.05) is 32.2 Å². The van der Waals surface area contributed by atoms with E-state index in [1.54, 1.807) is 66.7 Å². The molecule has 0 aliphatic heterocycles. The van der Waals surface area contributed by atoms with E-state index in [1.165, 1.54) is 17.8 Å². The lowest BCUT2D eigenvalue weighted by molar-refractivity contribution is -0.115. The minimum atomic E-state index is -1.10. The molecule has 0 saturated carbocycles. The molecule has 0 aliphatic carbocycles. The zero-order valence-corrected chi connectivity index (χ0v) is 22.6. The normalized spacial score (nSPS) is 11.5. The number of carbonyl (C=O) groups excluding carboxylic acids is 2. The van der Waals surface area contributed by atoms with Gasteiger partial charge in [-0.15, -0.1) is 11.8 Å². The van der Waals surface area contributed by atoms with E-state index in [1.807, 2.05) is 42.5 Å². The molecule has 1 atom stereocenters. The number of halogens is 1. The molecule has 8 heteroatoms. The Labute approximate surface area is 240 Å². The highest BCUT2D eigenvalue weighted by molar-refractivity contribution is 8.00. The maximum Gasteiger partial charge on any atom is 0.336 e. The van der Waals surface area contributed by atoms with E-state index < -0.39 is 17.1 Å². The lowest BCUT2D eigenvalue weighted by Gasteiger charge is -2.17. The monoisotopic (exact) mass is 566 g/mol. The summed E-state index contributed by atoms with van der Waals surface area (Å²) in [6, 6.07) is 33.6. The van der Waals surface area contributed by atoms with E-state index in [-0.39, 0.29) is 17.0 Å². The quantitative estimate of drug-likeness (QED) is 0.166. The number of amides is 2. The van der Waals surface area contributed by atoms with E-state index in [0.717, 1.165) is 10.5 Å². The maximum atomic E-state index is 13.3. The van der Waals surface area contributed by atoms with Crippen LogP contribution < -0.4 is 10.6 Å². The molecule has 198 valence electrons. The third-order valence-electron chi connectivity index (χ3n) is 6.18. The van der Waals surface area contributed by atoms with Crippen LogP contribution in [0, 0.1) is 0 Å². The van der Waals surface area contributed by atoms with Crippen LogP contribution in [-0.2, 0) is 4.79 Å². The standard InChI is InChI=1S/C32H23ClN2O4S/c33-22-11-6-12-24(19-22)35-31(37)29(21-7-2-1-3-8-21)40-25-17-15-23(16-18-25)34-30(36)26-13-4-9-20-10-5-14-27(28(20)26)32(38)39/h1-19,29H,(H,34,36)(H,35,37)(H,38,39). The number of carboxylic acid groups (broad SMARTS) is 1. The van der Waals surface area contributed by atoms with Crippen LogP contribution in [0.3, 0.4) is 0 Å². The van der Waals surface area contributed by atoms with Crippen LogP contribution in [0.4, 0.5) is 11.4 Å². The average molecular weight is 567 g/mol. The summed E-state index contributed by atoms with van der Waals surface area (Å²) in [6.07, 6.45) is 0. The van der Waals surface area contributed by atoms with Crippen molar-refractivity contribution in [1.82, 2.24) is 0 Å². The summed E-state index contributed by atoms with van der Waals surface area (Å²) in [6.45, 7) is 0. The number of thioether (sulfide) groups is 1. The van der Waals surface area contributed by atoms with Gasteiger partial charge in [0.2, 0.25) is 5.91 Å². The van der Waals surface area contributed by atoms with Crippen molar-refractivity contribution in [2.24, 2.45) is 0 Å². The molecule has 5 aromatic carbocycles. The molecule has 2 amide bonds. The Morgan fingerprint density at radius 1 is 0.700 bits per heavy atom. The summed E-state index contributed by atoms with van der Waals surface area (Å²) in [4.78, 5) is 39.1. The number of rotatable bonds is 8. The fourth-order valence-electron chi connectivity index (χ4n) is 4.33. The van der Waals surface area contributed by atoms with E-state index in [0.29, 0.717) is 27.2 Å². The first-order chi connectivity index (χ1) is 19.4. The number of anilines is 2. The first kappa shape index (κ1) is 27.0. The van der Waals surface area contributed by atoms with E-state index in [2.05, 4.69) is 10.6 Å². The molecule has 1 unspecified atom stereocenters. The second-order valence-corrected chi connectivity index (χ2v) is 10.5. The summed E-state index contributed by atoms with van der Waals surface area (Å²) < 4.78 is 0. The number of benzene rings is 5. The van der Waals surface area contributed by atoms with Crippen LogP contribution in [0.2, 0.25) is 5.02 Å². The number of aromatic carboxylic acids is 1. The molecule has 0 radical (unpaired) electrons. The largest absolute Gasteiger partial charge is 0.478 e. The molecule has 3 N–H and O–H groups in total. The smallest absolute Gasteiger partial charge is 0.336 e. The zero-order chi connectivity index (χ0) is 28.1. The molecule has 0 bridgehead atoms. The van der Waals surface area contributed by atoms with E-state index in [9.17, 15) is 19.5 Å². The maximum absolute atomic E-state index is 13.3. The molecule has 0 saturated heterocycles. The Kier molecular flexibility index (Phi) is 8.15. The van der Waals surface area contributed by atoms with Crippen molar-refractivity contribution in [2.45, 2.75) is 10.1 Å². The minimum Gasteiger partial charge on any atom is -0.478 e. The second-order valence-electron chi connectivity index (χ2n) is 8.90. The van der Waals surface area contributed by atoms with Crippen LogP contribution in [0.1, 0.15) is 31.5 Å². The van der Waals surface area contributed by atoms with Crippen molar-refractivity contribution in [3.05, 3.63) is 137 Å². The first-order valence-corrected chi connectivity index (χ1v) is 13.6. The molecule has 0 heterocycles. The van der Waals surface area contributed by atoms with Crippen LogP contribution >= 0.6 is 23.4 Å². The zero-order valence-electron chi connectivity index (χ0n) is 21.0. The minimum absolute atomic E-state index is 0.0676. The van der Waals surface area contributed by atoms with Crippen LogP contribution in [0.25, 0.3) is 10.8 Å². The molecule has 0 aromatic heterocycles. The van der Waals surface area contributed by atoms with Crippen molar-refractivity contribution in [3.8, 4) is 0 Å². The summed E-state index contributed by atoms with van der Waals surface area (Å²) in [5.41, 5.74) is 2.33. The second kappa shape index (κ2) is 12.1. The number of carbonyl (C=O) groups is 3. The van der Waals surface area contributed by atoms with Gasteiger partial charge < -0.3 is 15.7 Å². The number of fused-ring (bicyclic) bond motifs is 1. The van der Waals surface area contributed by atoms with Gasteiger partial charge in [-0.25, -0.2) is 4.79 Å². The molecule has 0 spiro atoms. The van der Waals surface area contributed by atoms with Gasteiger partial charge >= 0.3 is 5.97 Å². The molecule has 40 heavy (non-hydrogen) atoms. The third kappa shape index (κ3) is 6.17. The SMILES string of the molecule is O=C(O)c1cccc2cccc(C(=O)Nc3ccc(SC(C(=O)Nc4cccc(Cl)c4)c4ccccc4)cc3)c12. The van der Waals surface area contributed by atoms with Gasteiger partial charge in [0.15, 0.2) is 0 Å². The molecule has 0 aliphatic rings. The van der Waals surface area contributed by atoms with Crippen LogP contribution in [-0.4, -0.2) is 22.9 Å². The Balaban J connectivity index is 1.35. The Morgan fingerprint density at radius 2 is 1.38 bits per heavy atom. The topological polar surface area (TPSA) is 95.5 Å². The predicted molar refractivity (Wildman–Crippen MR) is 160 cm³/mol. The highest BCUT2D eigenvalue weighted by atomic mass is 35.5. The third-order valence-corrected chi connectivity index (χ3v) is 7.68. The summed E-state index contributed by atoms with van der Waals surface area (Å²) in [5.74, 6) is -1.71. The van der Waals surface area contributed by atoms with Gasteiger partial charge in [-0.3, -0.25) is 9.59 Å². The number of hydrogen-bond acceptors (Lipinski definition) is 4. The van der Waals surface area contributed by atoms with Gasteiger partial charge in [0.1, 0.15) is 5.25 Å². The van der Waals surface area contributed by atoms with Crippen molar-refractivity contribution in [1.29, 1.82) is 0 Å². The summed E-state index contributed by atoms with van der Waals surface area (Å²) in [5, 5.41) is 16.5. The van der Waals surface area contributed by atoms with Gasteiger partial charge in [-0.05, 0) is 65.5 Å². The first-order valence-electron chi connectivity index (χ1n) is 12.3. The van der Waals surface area contributed by atoms with Crippen LogP contribution in [0.5, 0.6) is 0 Å². The van der Waals surface area contributed by atoms with E-state index in [4.69, 9.17) is 11.6 Å². The van der Waals surface area contributed by atoms with Crippen molar-refractivity contribution < 1.29 is 19.5 Å². The fraction of sp³-hybridized carbons (Fsp3) is 0.0312. The molecular formula is C32H23ClN2O4S. The van der Waals surface area contributed by atoms with E-state index >= 15 is 0 Å². The summed E-state index contributed by atoms with van der Waals surface area (Å²) in [7, 11) is 0. The number of hydrogen-bond donors (Lipinski definition) is 3. The van der Waals surface area contributed by atoms with Gasteiger partial charge in [0.25, 0.3) is 5.91 Å².